The SMILES string of the molecule is COc1ccc(Br)c(CC(=O)c2cccc(Cl)c2Cl)c1. The summed E-state index contributed by atoms with van der Waals surface area (Å²) in [4.78, 5) is 12.3. The highest BCUT2D eigenvalue weighted by Gasteiger charge is 2.15. The van der Waals surface area contributed by atoms with E-state index in [1.54, 1.807) is 25.3 Å². The average Bonchev–Trinajstić information content (AvgIpc) is 2.44. The first-order valence-corrected chi connectivity index (χ1v) is 7.37. The van der Waals surface area contributed by atoms with Crippen LogP contribution < -0.4 is 4.74 Å². The highest BCUT2D eigenvalue weighted by atomic mass is 79.9. The molecule has 0 bridgehead atoms. The predicted octanol–water partition coefficient (Wildman–Crippen LogP) is 5.19. The average molecular weight is 374 g/mol. The Labute approximate surface area is 135 Å². The van der Waals surface area contributed by atoms with Gasteiger partial charge in [0.2, 0.25) is 0 Å². The van der Waals surface area contributed by atoms with Crippen LogP contribution in [0.1, 0.15) is 15.9 Å². The van der Waals surface area contributed by atoms with Crippen LogP contribution in [0.15, 0.2) is 40.9 Å². The van der Waals surface area contributed by atoms with Gasteiger partial charge in [0, 0.05) is 16.5 Å². The van der Waals surface area contributed by atoms with Gasteiger partial charge in [-0.05, 0) is 35.9 Å². The molecule has 2 rings (SSSR count). The van der Waals surface area contributed by atoms with Crippen molar-refractivity contribution < 1.29 is 9.53 Å². The number of benzene rings is 2. The van der Waals surface area contributed by atoms with E-state index in [2.05, 4.69) is 15.9 Å². The van der Waals surface area contributed by atoms with Crippen LogP contribution in [0.2, 0.25) is 10.0 Å². The second-order valence-electron chi connectivity index (χ2n) is 4.16. The second kappa shape index (κ2) is 6.61. The van der Waals surface area contributed by atoms with E-state index in [0.717, 1.165) is 10.0 Å². The third-order valence-corrected chi connectivity index (χ3v) is 4.45. The van der Waals surface area contributed by atoms with Crippen LogP contribution >= 0.6 is 39.1 Å². The smallest absolute Gasteiger partial charge is 0.168 e. The zero-order chi connectivity index (χ0) is 14.7. The van der Waals surface area contributed by atoms with E-state index >= 15 is 0 Å². The number of halogens is 3. The van der Waals surface area contributed by atoms with Gasteiger partial charge in [-0.1, -0.05) is 45.2 Å². The van der Waals surface area contributed by atoms with Gasteiger partial charge in [0.15, 0.2) is 5.78 Å². The van der Waals surface area contributed by atoms with Crippen molar-refractivity contribution in [1.82, 2.24) is 0 Å². The largest absolute Gasteiger partial charge is 0.497 e. The van der Waals surface area contributed by atoms with Crippen molar-refractivity contribution in [3.8, 4) is 5.75 Å². The lowest BCUT2D eigenvalue weighted by atomic mass is 10.0. The fraction of sp³-hybridized carbons (Fsp3) is 0.133. The van der Waals surface area contributed by atoms with Gasteiger partial charge in [-0.15, -0.1) is 0 Å². The number of methoxy groups -OCH3 is 1. The van der Waals surface area contributed by atoms with E-state index < -0.39 is 0 Å². The minimum atomic E-state index is -0.0912. The van der Waals surface area contributed by atoms with E-state index in [1.807, 2.05) is 18.2 Å². The van der Waals surface area contributed by atoms with Crippen LogP contribution in [0.3, 0.4) is 0 Å². The van der Waals surface area contributed by atoms with Gasteiger partial charge in [0.25, 0.3) is 0 Å². The first-order chi connectivity index (χ1) is 9.52. The van der Waals surface area contributed by atoms with Crippen molar-refractivity contribution in [3.63, 3.8) is 0 Å². The second-order valence-corrected chi connectivity index (χ2v) is 5.80. The molecule has 0 aromatic heterocycles. The van der Waals surface area contributed by atoms with Crippen molar-refractivity contribution in [2.24, 2.45) is 0 Å². The van der Waals surface area contributed by atoms with E-state index in [9.17, 15) is 4.79 Å². The molecule has 0 aliphatic carbocycles. The Morgan fingerprint density at radius 1 is 1.25 bits per heavy atom. The summed E-state index contributed by atoms with van der Waals surface area (Å²) in [6.45, 7) is 0. The van der Waals surface area contributed by atoms with Gasteiger partial charge in [0.05, 0.1) is 17.2 Å². The van der Waals surface area contributed by atoms with Gasteiger partial charge >= 0.3 is 0 Å². The number of carbonyl (C=O) groups excluding carboxylic acids is 1. The molecule has 0 atom stereocenters. The molecule has 0 fully saturated rings. The van der Waals surface area contributed by atoms with Crippen LogP contribution in [0.5, 0.6) is 5.75 Å². The number of hydrogen-bond acceptors (Lipinski definition) is 2. The molecule has 2 nitrogen and oxygen atoms in total. The lowest BCUT2D eigenvalue weighted by Crippen LogP contribution is -2.05. The number of Topliss-reactive ketones (excluding diaryl/α,β-unsaturated/α-hetero) is 1. The molecule has 0 unspecified atom stereocenters. The molecule has 0 amide bonds. The Morgan fingerprint density at radius 2 is 2.00 bits per heavy atom. The molecule has 0 N–H and O–H groups in total. The summed E-state index contributed by atoms with van der Waals surface area (Å²) in [6, 6.07) is 10.5. The predicted molar refractivity (Wildman–Crippen MR) is 85.2 cm³/mol. The van der Waals surface area contributed by atoms with E-state index in [4.69, 9.17) is 27.9 Å². The number of carbonyl (C=O) groups is 1. The normalized spacial score (nSPS) is 10.4. The topological polar surface area (TPSA) is 26.3 Å². The maximum Gasteiger partial charge on any atom is 0.168 e. The minimum absolute atomic E-state index is 0.0912. The van der Waals surface area contributed by atoms with Gasteiger partial charge < -0.3 is 4.74 Å². The van der Waals surface area contributed by atoms with Crippen LogP contribution in [0.25, 0.3) is 0 Å². The Hall–Kier alpha value is -1.03. The summed E-state index contributed by atoms with van der Waals surface area (Å²) in [5.74, 6) is 0.611. The number of rotatable bonds is 4. The monoisotopic (exact) mass is 372 g/mol. The molecule has 0 saturated heterocycles. The van der Waals surface area contributed by atoms with E-state index in [1.165, 1.54) is 0 Å². The van der Waals surface area contributed by atoms with Gasteiger partial charge in [-0.2, -0.15) is 0 Å². The minimum Gasteiger partial charge on any atom is -0.497 e. The highest BCUT2D eigenvalue weighted by Crippen LogP contribution is 2.28. The molecule has 2 aromatic rings. The van der Waals surface area contributed by atoms with Crippen LogP contribution in [0, 0.1) is 0 Å². The summed E-state index contributed by atoms with van der Waals surface area (Å²) in [6.07, 6.45) is 0.220. The Morgan fingerprint density at radius 3 is 2.70 bits per heavy atom. The van der Waals surface area contributed by atoms with Crippen molar-refractivity contribution in [3.05, 3.63) is 62.0 Å². The van der Waals surface area contributed by atoms with Crippen molar-refractivity contribution in [2.45, 2.75) is 6.42 Å². The van der Waals surface area contributed by atoms with E-state index in [-0.39, 0.29) is 17.2 Å². The molecular weight excluding hydrogens is 363 g/mol. The number of ketones is 1. The Kier molecular flexibility index (Phi) is 5.08. The Bertz CT molecular complexity index is 656. The fourth-order valence-corrected chi connectivity index (χ4v) is 2.59. The maximum absolute atomic E-state index is 12.3. The summed E-state index contributed by atoms with van der Waals surface area (Å²) in [5.41, 5.74) is 1.26. The molecule has 0 aliphatic rings. The van der Waals surface area contributed by atoms with Gasteiger partial charge in [-0.3, -0.25) is 4.79 Å². The first-order valence-electron chi connectivity index (χ1n) is 5.82. The molecule has 0 aliphatic heterocycles. The third kappa shape index (κ3) is 3.35. The van der Waals surface area contributed by atoms with Crippen molar-refractivity contribution >= 4 is 44.9 Å². The van der Waals surface area contributed by atoms with Crippen LogP contribution in [-0.2, 0) is 6.42 Å². The molecule has 0 spiro atoms. The lowest BCUT2D eigenvalue weighted by Gasteiger charge is -2.08. The van der Waals surface area contributed by atoms with Crippen molar-refractivity contribution in [2.75, 3.05) is 7.11 Å². The summed E-state index contributed by atoms with van der Waals surface area (Å²) in [7, 11) is 1.59. The molecule has 2 aromatic carbocycles. The van der Waals surface area contributed by atoms with Crippen molar-refractivity contribution in [1.29, 1.82) is 0 Å². The lowest BCUT2D eigenvalue weighted by molar-refractivity contribution is 0.0993. The van der Waals surface area contributed by atoms with Gasteiger partial charge in [0.1, 0.15) is 5.75 Å². The van der Waals surface area contributed by atoms with Gasteiger partial charge in [-0.25, -0.2) is 0 Å². The zero-order valence-electron chi connectivity index (χ0n) is 10.6. The summed E-state index contributed by atoms with van der Waals surface area (Å²) >= 11 is 15.4. The summed E-state index contributed by atoms with van der Waals surface area (Å²) in [5, 5.41) is 0.667. The quantitative estimate of drug-likeness (QED) is 0.689. The highest BCUT2D eigenvalue weighted by molar-refractivity contribution is 9.10. The van der Waals surface area contributed by atoms with E-state index in [0.29, 0.717) is 16.3 Å². The number of hydrogen-bond donors (Lipinski definition) is 0. The summed E-state index contributed by atoms with van der Waals surface area (Å²) < 4.78 is 6.01. The molecular formula is C15H11BrCl2O2. The molecule has 5 heteroatoms. The molecule has 20 heavy (non-hydrogen) atoms. The molecule has 104 valence electrons. The molecule has 0 heterocycles. The Balaban J connectivity index is 2.30. The van der Waals surface area contributed by atoms with Crippen LogP contribution in [0.4, 0.5) is 0 Å². The van der Waals surface area contributed by atoms with Crippen LogP contribution in [-0.4, -0.2) is 12.9 Å². The maximum atomic E-state index is 12.3. The first kappa shape index (κ1) is 15.4. The number of ether oxygens (including phenoxy) is 1. The fourth-order valence-electron chi connectivity index (χ4n) is 1.80. The molecule has 0 radical (unpaired) electrons. The third-order valence-electron chi connectivity index (χ3n) is 2.86. The standard InChI is InChI=1S/C15H11BrCl2O2/c1-20-10-5-6-12(16)9(7-10)8-14(19)11-3-2-4-13(17)15(11)18/h2-7H,8H2,1H3. The molecule has 0 saturated carbocycles. The zero-order valence-corrected chi connectivity index (χ0v) is 13.7.